The van der Waals surface area contributed by atoms with Crippen molar-refractivity contribution < 1.29 is 9.90 Å². The normalized spacial score (nSPS) is 11.9. The smallest absolute Gasteiger partial charge is 0.254 e. The molecule has 0 bridgehead atoms. The SMILES string of the molecule is CC(CCO)N(Cc1ccccc1)C(=O)c1ccc(-n2cccn2)cc1. The van der Waals surface area contributed by atoms with Gasteiger partial charge >= 0.3 is 0 Å². The number of carbonyl (C=O) groups is 1. The van der Waals surface area contributed by atoms with Crippen molar-refractivity contribution in [1.29, 1.82) is 0 Å². The topological polar surface area (TPSA) is 58.4 Å². The van der Waals surface area contributed by atoms with E-state index in [-0.39, 0.29) is 18.6 Å². The number of carbonyl (C=O) groups excluding carboxylic acids is 1. The Kier molecular flexibility index (Phi) is 5.81. The summed E-state index contributed by atoms with van der Waals surface area (Å²) in [6, 6.07) is 19.1. The van der Waals surface area contributed by atoms with E-state index in [0.717, 1.165) is 11.3 Å². The van der Waals surface area contributed by atoms with Crippen LogP contribution in [0.3, 0.4) is 0 Å². The Labute approximate surface area is 153 Å². The molecule has 134 valence electrons. The molecule has 3 aromatic rings. The third kappa shape index (κ3) is 4.18. The fraction of sp³-hybridized carbons (Fsp3) is 0.238. The van der Waals surface area contributed by atoms with Crippen molar-refractivity contribution in [1.82, 2.24) is 14.7 Å². The predicted molar refractivity (Wildman–Crippen MR) is 101 cm³/mol. The van der Waals surface area contributed by atoms with E-state index in [2.05, 4.69) is 5.10 Å². The molecule has 0 aliphatic heterocycles. The molecule has 26 heavy (non-hydrogen) atoms. The van der Waals surface area contributed by atoms with Crippen LogP contribution in [-0.2, 0) is 6.54 Å². The van der Waals surface area contributed by atoms with Crippen molar-refractivity contribution in [2.24, 2.45) is 0 Å². The van der Waals surface area contributed by atoms with Crippen LogP contribution >= 0.6 is 0 Å². The molecule has 2 aromatic carbocycles. The molecule has 0 aliphatic carbocycles. The maximum atomic E-state index is 13.1. The Morgan fingerprint density at radius 2 is 1.85 bits per heavy atom. The van der Waals surface area contributed by atoms with E-state index < -0.39 is 0 Å². The van der Waals surface area contributed by atoms with Gasteiger partial charge in [0, 0.05) is 37.2 Å². The Balaban J connectivity index is 1.82. The largest absolute Gasteiger partial charge is 0.396 e. The third-order valence-corrected chi connectivity index (χ3v) is 4.42. The first-order valence-corrected chi connectivity index (χ1v) is 8.75. The number of aliphatic hydroxyl groups excluding tert-OH is 1. The molecule has 0 saturated heterocycles. The minimum atomic E-state index is -0.0569. The lowest BCUT2D eigenvalue weighted by Crippen LogP contribution is -2.38. The summed E-state index contributed by atoms with van der Waals surface area (Å²) in [7, 11) is 0. The van der Waals surface area contributed by atoms with Crippen molar-refractivity contribution in [3.63, 3.8) is 0 Å². The number of benzene rings is 2. The van der Waals surface area contributed by atoms with E-state index >= 15 is 0 Å². The minimum absolute atomic E-state index is 0.0400. The van der Waals surface area contributed by atoms with Gasteiger partial charge in [0.05, 0.1) is 5.69 Å². The lowest BCUT2D eigenvalue weighted by Gasteiger charge is -2.29. The minimum Gasteiger partial charge on any atom is -0.396 e. The van der Waals surface area contributed by atoms with Crippen LogP contribution in [0.1, 0.15) is 29.3 Å². The van der Waals surface area contributed by atoms with Crippen LogP contribution in [-0.4, -0.2) is 38.3 Å². The van der Waals surface area contributed by atoms with Gasteiger partial charge in [-0.15, -0.1) is 0 Å². The summed E-state index contributed by atoms with van der Waals surface area (Å²) in [5.41, 5.74) is 2.60. The number of nitrogens with zero attached hydrogens (tertiary/aromatic N) is 3. The highest BCUT2D eigenvalue weighted by Gasteiger charge is 2.21. The predicted octanol–water partition coefficient (Wildman–Crippen LogP) is 3.29. The van der Waals surface area contributed by atoms with E-state index in [9.17, 15) is 9.90 Å². The van der Waals surface area contributed by atoms with Crippen LogP contribution in [0.15, 0.2) is 73.1 Å². The molecule has 0 fully saturated rings. The maximum absolute atomic E-state index is 13.1. The molecule has 1 aromatic heterocycles. The summed E-state index contributed by atoms with van der Waals surface area (Å²) in [6.45, 7) is 2.54. The van der Waals surface area contributed by atoms with E-state index in [1.807, 2.05) is 78.7 Å². The summed E-state index contributed by atoms with van der Waals surface area (Å²) in [4.78, 5) is 14.9. The van der Waals surface area contributed by atoms with Crippen molar-refractivity contribution >= 4 is 5.91 Å². The zero-order valence-electron chi connectivity index (χ0n) is 14.8. The highest BCUT2D eigenvalue weighted by Crippen LogP contribution is 2.17. The molecular weight excluding hydrogens is 326 g/mol. The van der Waals surface area contributed by atoms with Crippen molar-refractivity contribution in [3.05, 3.63) is 84.2 Å². The van der Waals surface area contributed by atoms with Crippen LogP contribution in [0.4, 0.5) is 0 Å². The number of aliphatic hydroxyl groups is 1. The van der Waals surface area contributed by atoms with Crippen molar-refractivity contribution in [3.8, 4) is 5.69 Å². The van der Waals surface area contributed by atoms with Gasteiger partial charge in [-0.05, 0) is 49.2 Å². The molecule has 5 heteroatoms. The first-order valence-electron chi connectivity index (χ1n) is 8.75. The molecule has 3 rings (SSSR count). The molecule has 0 aliphatic rings. The van der Waals surface area contributed by atoms with E-state index in [4.69, 9.17) is 0 Å². The lowest BCUT2D eigenvalue weighted by molar-refractivity contribution is 0.0648. The molecule has 1 heterocycles. The average Bonchev–Trinajstić information content (AvgIpc) is 3.21. The molecule has 0 saturated carbocycles. The summed E-state index contributed by atoms with van der Waals surface area (Å²) in [5, 5.41) is 13.5. The van der Waals surface area contributed by atoms with E-state index in [0.29, 0.717) is 18.5 Å². The molecule has 1 atom stereocenters. The summed E-state index contributed by atoms with van der Waals surface area (Å²) in [6.07, 6.45) is 4.13. The van der Waals surface area contributed by atoms with Crippen LogP contribution in [0.2, 0.25) is 0 Å². The molecule has 1 N–H and O–H groups in total. The third-order valence-electron chi connectivity index (χ3n) is 4.42. The number of hydrogen-bond donors (Lipinski definition) is 1. The number of hydrogen-bond acceptors (Lipinski definition) is 3. The Bertz CT molecular complexity index is 814. The van der Waals surface area contributed by atoms with Crippen molar-refractivity contribution in [2.75, 3.05) is 6.61 Å². The Hall–Kier alpha value is -2.92. The number of amides is 1. The van der Waals surface area contributed by atoms with Crippen LogP contribution in [0.5, 0.6) is 0 Å². The quantitative estimate of drug-likeness (QED) is 0.712. The first kappa shape index (κ1) is 17.9. The second-order valence-corrected chi connectivity index (χ2v) is 6.28. The number of aromatic nitrogens is 2. The fourth-order valence-corrected chi connectivity index (χ4v) is 2.89. The van der Waals surface area contributed by atoms with Gasteiger partial charge in [-0.2, -0.15) is 5.10 Å². The highest BCUT2D eigenvalue weighted by atomic mass is 16.3. The average molecular weight is 349 g/mol. The highest BCUT2D eigenvalue weighted by molar-refractivity contribution is 5.94. The van der Waals surface area contributed by atoms with Gasteiger partial charge in [-0.25, -0.2) is 4.68 Å². The van der Waals surface area contributed by atoms with Gasteiger partial charge in [0.2, 0.25) is 0 Å². The lowest BCUT2D eigenvalue weighted by atomic mass is 10.1. The molecular formula is C21H23N3O2. The van der Waals surface area contributed by atoms with Crippen LogP contribution in [0, 0.1) is 0 Å². The molecule has 0 radical (unpaired) electrons. The van der Waals surface area contributed by atoms with Crippen LogP contribution in [0.25, 0.3) is 5.69 Å². The second kappa shape index (κ2) is 8.45. The zero-order chi connectivity index (χ0) is 18.4. The summed E-state index contributed by atoms with van der Waals surface area (Å²) >= 11 is 0. The van der Waals surface area contributed by atoms with Gasteiger partial charge in [-0.3, -0.25) is 4.79 Å². The van der Waals surface area contributed by atoms with Gasteiger partial charge in [0.25, 0.3) is 5.91 Å². The van der Waals surface area contributed by atoms with Gasteiger partial charge < -0.3 is 10.0 Å². The summed E-state index contributed by atoms with van der Waals surface area (Å²) in [5.74, 6) is -0.0400. The molecule has 5 nitrogen and oxygen atoms in total. The van der Waals surface area contributed by atoms with Crippen molar-refractivity contribution in [2.45, 2.75) is 25.9 Å². The van der Waals surface area contributed by atoms with Crippen LogP contribution < -0.4 is 0 Å². The Morgan fingerprint density at radius 1 is 1.12 bits per heavy atom. The number of rotatable bonds is 7. The van der Waals surface area contributed by atoms with Gasteiger partial charge in [-0.1, -0.05) is 30.3 Å². The second-order valence-electron chi connectivity index (χ2n) is 6.28. The molecule has 1 unspecified atom stereocenters. The molecule has 0 spiro atoms. The maximum Gasteiger partial charge on any atom is 0.254 e. The monoisotopic (exact) mass is 349 g/mol. The Morgan fingerprint density at radius 3 is 2.46 bits per heavy atom. The fourth-order valence-electron chi connectivity index (χ4n) is 2.89. The van der Waals surface area contributed by atoms with Gasteiger partial charge in [0.15, 0.2) is 0 Å². The van der Waals surface area contributed by atoms with Gasteiger partial charge in [0.1, 0.15) is 0 Å². The van der Waals surface area contributed by atoms with E-state index in [1.54, 1.807) is 10.9 Å². The first-order chi connectivity index (χ1) is 12.7. The summed E-state index contributed by atoms with van der Waals surface area (Å²) < 4.78 is 1.75. The zero-order valence-corrected chi connectivity index (χ0v) is 14.8. The van der Waals surface area contributed by atoms with E-state index in [1.165, 1.54) is 0 Å². The molecule has 1 amide bonds. The standard InChI is InChI=1S/C21H23N3O2/c1-17(12-15-25)23(16-18-6-3-2-4-7-18)21(26)19-8-10-20(11-9-19)24-14-5-13-22-24/h2-11,13-14,17,25H,12,15-16H2,1H3.